The van der Waals surface area contributed by atoms with Gasteiger partial charge in [-0.05, 0) is 18.6 Å². The third kappa shape index (κ3) is 3.13. The van der Waals surface area contributed by atoms with Crippen LogP contribution in [0.1, 0.15) is 30.2 Å². The molecule has 0 aliphatic carbocycles. The molecule has 5 nitrogen and oxygen atoms in total. The molecule has 0 aromatic carbocycles. The number of nitriles is 1. The zero-order valence-corrected chi connectivity index (χ0v) is 9.50. The first-order valence-electron chi connectivity index (χ1n) is 5.09. The highest BCUT2D eigenvalue weighted by Gasteiger charge is 2.20. The molecule has 7 heteroatoms. The minimum Gasteiger partial charge on any atom is -0.466 e. The summed E-state index contributed by atoms with van der Waals surface area (Å²) in [5.41, 5.74) is -2.24. The van der Waals surface area contributed by atoms with Gasteiger partial charge in [0.2, 0.25) is 0 Å². The lowest BCUT2D eigenvalue weighted by molar-refractivity contribution is -0.142. The first-order valence-corrected chi connectivity index (χ1v) is 5.09. The predicted octanol–water partition coefficient (Wildman–Crippen LogP) is 1.29. The number of aromatic nitrogens is 1. The number of alkyl halides is 2. The van der Waals surface area contributed by atoms with Gasteiger partial charge in [0.1, 0.15) is 11.8 Å². The van der Waals surface area contributed by atoms with E-state index in [0.29, 0.717) is 0 Å². The van der Waals surface area contributed by atoms with Gasteiger partial charge in [-0.15, -0.1) is 0 Å². The normalized spacial score (nSPS) is 10.2. The summed E-state index contributed by atoms with van der Waals surface area (Å²) in [6.45, 7) is 1.68. The summed E-state index contributed by atoms with van der Waals surface area (Å²) < 4.78 is 30.0. The molecule has 0 aliphatic rings. The fourth-order valence-corrected chi connectivity index (χ4v) is 1.44. The summed E-state index contributed by atoms with van der Waals surface area (Å²) in [4.78, 5) is 24.6. The van der Waals surface area contributed by atoms with Crippen LogP contribution < -0.4 is 5.56 Å². The number of halogens is 2. The molecule has 0 aliphatic heterocycles. The maximum absolute atomic E-state index is 12.7. The number of ether oxygens (including phenoxy) is 1. The van der Waals surface area contributed by atoms with Crippen molar-refractivity contribution in [3.63, 3.8) is 0 Å². The van der Waals surface area contributed by atoms with Crippen LogP contribution in [0.3, 0.4) is 0 Å². The number of carbonyl (C=O) groups is 1. The van der Waals surface area contributed by atoms with Crippen molar-refractivity contribution >= 4 is 5.97 Å². The van der Waals surface area contributed by atoms with Crippen LogP contribution in [0.2, 0.25) is 0 Å². The van der Waals surface area contributed by atoms with Crippen molar-refractivity contribution in [1.82, 2.24) is 4.98 Å². The molecule has 1 heterocycles. The summed E-state index contributed by atoms with van der Waals surface area (Å²) >= 11 is 0. The smallest absolute Gasteiger partial charge is 0.310 e. The van der Waals surface area contributed by atoms with Gasteiger partial charge in [0.05, 0.1) is 18.6 Å². The van der Waals surface area contributed by atoms with E-state index in [4.69, 9.17) is 5.26 Å². The lowest BCUT2D eigenvalue weighted by Gasteiger charge is -2.07. The molecule has 1 aromatic heterocycles. The Kier molecular flexibility index (Phi) is 4.54. The standard InChI is InChI=1S/C11H10F2N2O3/c1-2-18-8(16)4-6-3-7(5-14)15-11(17)9(6)10(12)13/h3,10H,2,4H2,1H3,(H,15,17). The molecule has 0 atom stereocenters. The minimum absolute atomic E-state index is 0.108. The highest BCUT2D eigenvalue weighted by molar-refractivity contribution is 5.73. The lowest BCUT2D eigenvalue weighted by atomic mass is 10.1. The van der Waals surface area contributed by atoms with Crippen molar-refractivity contribution in [2.24, 2.45) is 0 Å². The number of aromatic amines is 1. The molecule has 0 spiro atoms. The SMILES string of the molecule is CCOC(=O)Cc1cc(C#N)[nH]c(=O)c1C(F)F. The Morgan fingerprint density at radius 2 is 2.28 bits per heavy atom. The molecule has 0 saturated carbocycles. The van der Waals surface area contributed by atoms with Crippen LogP contribution in [0.4, 0.5) is 8.78 Å². The molecule has 0 radical (unpaired) electrons. The largest absolute Gasteiger partial charge is 0.466 e. The Balaban J connectivity index is 3.22. The highest BCUT2D eigenvalue weighted by atomic mass is 19.3. The van der Waals surface area contributed by atoms with E-state index in [2.05, 4.69) is 4.74 Å². The number of hydrogen-bond acceptors (Lipinski definition) is 4. The van der Waals surface area contributed by atoms with Crippen LogP contribution in [-0.4, -0.2) is 17.6 Å². The van der Waals surface area contributed by atoms with E-state index in [-0.39, 0.29) is 17.9 Å². The van der Waals surface area contributed by atoms with Crippen LogP contribution in [0.25, 0.3) is 0 Å². The van der Waals surface area contributed by atoms with Gasteiger partial charge in [-0.3, -0.25) is 9.59 Å². The van der Waals surface area contributed by atoms with Crippen molar-refractivity contribution in [3.8, 4) is 6.07 Å². The number of hydrogen-bond donors (Lipinski definition) is 1. The molecule has 1 N–H and O–H groups in total. The van der Waals surface area contributed by atoms with Crippen molar-refractivity contribution in [2.75, 3.05) is 6.61 Å². The third-order valence-electron chi connectivity index (χ3n) is 2.14. The van der Waals surface area contributed by atoms with Gasteiger partial charge in [-0.25, -0.2) is 8.78 Å². The summed E-state index contributed by atoms with van der Waals surface area (Å²) in [6.07, 6.45) is -3.49. The van der Waals surface area contributed by atoms with Crippen molar-refractivity contribution in [1.29, 1.82) is 5.26 Å². The summed E-state index contributed by atoms with van der Waals surface area (Å²) in [6, 6.07) is 2.68. The Bertz CT molecular complexity index is 546. The van der Waals surface area contributed by atoms with Gasteiger partial charge in [-0.1, -0.05) is 0 Å². The van der Waals surface area contributed by atoms with Gasteiger partial charge < -0.3 is 9.72 Å². The van der Waals surface area contributed by atoms with Crippen LogP contribution in [-0.2, 0) is 16.0 Å². The second kappa shape index (κ2) is 5.91. The van der Waals surface area contributed by atoms with E-state index in [1.807, 2.05) is 4.98 Å². The second-order valence-electron chi connectivity index (χ2n) is 3.35. The number of rotatable bonds is 4. The van der Waals surface area contributed by atoms with Crippen molar-refractivity contribution < 1.29 is 18.3 Å². The van der Waals surface area contributed by atoms with Gasteiger partial charge in [0, 0.05) is 0 Å². The molecule has 1 aromatic rings. The van der Waals surface area contributed by atoms with Crippen LogP contribution >= 0.6 is 0 Å². The van der Waals surface area contributed by atoms with E-state index in [1.165, 1.54) is 0 Å². The number of pyridine rings is 1. The summed E-state index contributed by atoms with van der Waals surface area (Å²) in [5, 5.41) is 8.63. The van der Waals surface area contributed by atoms with Crippen LogP contribution in [0.5, 0.6) is 0 Å². The molecule has 0 fully saturated rings. The number of nitrogens with zero attached hydrogens (tertiary/aromatic N) is 1. The van der Waals surface area contributed by atoms with E-state index < -0.39 is 29.9 Å². The monoisotopic (exact) mass is 256 g/mol. The number of carbonyl (C=O) groups excluding carboxylic acids is 1. The van der Waals surface area contributed by atoms with Crippen LogP contribution in [0, 0.1) is 11.3 Å². The van der Waals surface area contributed by atoms with Crippen LogP contribution in [0.15, 0.2) is 10.9 Å². The number of esters is 1. The first kappa shape index (κ1) is 13.8. The lowest BCUT2D eigenvalue weighted by Crippen LogP contribution is -2.20. The summed E-state index contributed by atoms with van der Waals surface area (Å²) in [7, 11) is 0. The Hall–Kier alpha value is -2.23. The zero-order chi connectivity index (χ0) is 13.7. The minimum atomic E-state index is -3.02. The van der Waals surface area contributed by atoms with Gasteiger partial charge in [-0.2, -0.15) is 5.26 Å². The average molecular weight is 256 g/mol. The van der Waals surface area contributed by atoms with Gasteiger partial charge in [0.25, 0.3) is 12.0 Å². The Labute approximate surface area is 101 Å². The highest BCUT2D eigenvalue weighted by Crippen LogP contribution is 2.20. The zero-order valence-electron chi connectivity index (χ0n) is 9.50. The Morgan fingerprint density at radius 1 is 1.61 bits per heavy atom. The molecule has 0 saturated heterocycles. The number of nitrogens with one attached hydrogen (secondary N) is 1. The summed E-state index contributed by atoms with van der Waals surface area (Å²) in [5.74, 6) is -0.728. The van der Waals surface area contributed by atoms with Gasteiger partial charge in [0.15, 0.2) is 0 Å². The van der Waals surface area contributed by atoms with E-state index in [1.54, 1.807) is 13.0 Å². The van der Waals surface area contributed by atoms with Crippen molar-refractivity contribution in [3.05, 3.63) is 33.2 Å². The molecule has 0 amide bonds. The maximum Gasteiger partial charge on any atom is 0.310 e. The van der Waals surface area contributed by atoms with Gasteiger partial charge >= 0.3 is 5.97 Å². The maximum atomic E-state index is 12.7. The molecular formula is C11H10F2N2O3. The average Bonchev–Trinajstić information content (AvgIpc) is 2.27. The third-order valence-corrected chi connectivity index (χ3v) is 2.14. The molecule has 1 rings (SSSR count). The topological polar surface area (TPSA) is 82.9 Å². The second-order valence-corrected chi connectivity index (χ2v) is 3.35. The Morgan fingerprint density at radius 3 is 2.78 bits per heavy atom. The molecular weight excluding hydrogens is 246 g/mol. The van der Waals surface area contributed by atoms with E-state index >= 15 is 0 Å². The molecule has 0 bridgehead atoms. The molecule has 0 unspecified atom stereocenters. The molecule has 96 valence electrons. The number of H-pyrrole nitrogens is 1. The fourth-order valence-electron chi connectivity index (χ4n) is 1.44. The van der Waals surface area contributed by atoms with Crippen molar-refractivity contribution in [2.45, 2.75) is 19.8 Å². The van der Waals surface area contributed by atoms with E-state index in [9.17, 15) is 18.4 Å². The molecule has 18 heavy (non-hydrogen) atoms. The van der Waals surface area contributed by atoms with E-state index in [0.717, 1.165) is 6.07 Å². The first-order chi connectivity index (χ1) is 8.49. The fraction of sp³-hybridized carbons (Fsp3) is 0.364. The quantitative estimate of drug-likeness (QED) is 0.823. The predicted molar refractivity (Wildman–Crippen MR) is 57.1 cm³/mol.